The van der Waals surface area contributed by atoms with Crippen LogP contribution in [0, 0.1) is 6.92 Å². The van der Waals surface area contributed by atoms with Crippen LogP contribution in [0.2, 0.25) is 0 Å². The number of rotatable bonds is 5. The maximum atomic E-state index is 5.91. The molecule has 0 spiro atoms. The first-order valence-corrected chi connectivity index (χ1v) is 7.29. The molecule has 4 nitrogen and oxygen atoms in total. The second-order valence-electron chi connectivity index (χ2n) is 3.80. The van der Waals surface area contributed by atoms with Gasteiger partial charge >= 0.3 is 0 Å². The van der Waals surface area contributed by atoms with Crippen molar-refractivity contribution >= 4 is 33.7 Å². The van der Waals surface area contributed by atoms with Gasteiger partial charge in [0, 0.05) is 11.9 Å². The molecule has 0 radical (unpaired) electrons. The summed E-state index contributed by atoms with van der Waals surface area (Å²) in [4.78, 5) is 4.47. The number of thiazole rings is 1. The molecular weight excluding hydrogens is 252 g/mol. The van der Waals surface area contributed by atoms with Crippen molar-refractivity contribution in [2.45, 2.75) is 26.7 Å². The number of aromatic nitrogens is 2. The molecule has 2 heterocycles. The Labute approximate surface area is 109 Å². The van der Waals surface area contributed by atoms with Crippen LogP contribution in [0.4, 0.5) is 10.8 Å². The fourth-order valence-corrected chi connectivity index (χ4v) is 2.88. The van der Waals surface area contributed by atoms with E-state index < -0.39 is 0 Å². The van der Waals surface area contributed by atoms with Crippen LogP contribution in [0.1, 0.15) is 24.8 Å². The van der Waals surface area contributed by atoms with Gasteiger partial charge in [-0.1, -0.05) is 13.3 Å². The minimum Gasteiger partial charge on any atom is -0.382 e. The van der Waals surface area contributed by atoms with E-state index in [9.17, 15) is 0 Å². The third kappa shape index (κ3) is 2.76. The zero-order valence-electron chi connectivity index (χ0n) is 9.99. The predicted molar refractivity (Wildman–Crippen MR) is 75.8 cm³/mol. The summed E-state index contributed by atoms with van der Waals surface area (Å²) in [7, 11) is 0. The Balaban J connectivity index is 2.23. The lowest BCUT2D eigenvalue weighted by Gasteiger charge is -2.04. The molecule has 0 amide bonds. The first-order valence-electron chi connectivity index (χ1n) is 5.64. The number of hydrogen-bond donors (Lipinski definition) is 2. The molecule has 0 atom stereocenters. The summed E-state index contributed by atoms with van der Waals surface area (Å²) in [5, 5.41) is 7.49. The van der Waals surface area contributed by atoms with Gasteiger partial charge in [0.05, 0.1) is 16.3 Å². The Morgan fingerprint density at radius 1 is 1.47 bits per heavy atom. The summed E-state index contributed by atoms with van der Waals surface area (Å²) >= 11 is 3.04. The quantitative estimate of drug-likeness (QED) is 0.816. The van der Waals surface area contributed by atoms with Gasteiger partial charge in [-0.15, -0.1) is 11.3 Å². The largest absolute Gasteiger partial charge is 0.382 e. The van der Waals surface area contributed by atoms with Crippen LogP contribution in [0.5, 0.6) is 0 Å². The van der Waals surface area contributed by atoms with Crippen molar-refractivity contribution < 1.29 is 0 Å². The fourth-order valence-electron chi connectivity index (χ4n) is 1.53. The van der Waals surface area contributed by atoms with E-state index in [1.165, 1.54) is 18.0 Å². The van der Waals surface area contributed by atoms with Crippen molar-refractivity contribution in [3.63, 3.8) is 0 Å². The van der Waals surface area contributed by atoms with Gasteiger partial charge in [-0.2, -0.15) is 4.37 Å². The third-order valence-electron chi connectivity index (χ3n) is 2.41. The van der Waals surface area contributed by atoms with E-state index in [2.05, 4.69) is 21.6 Å². The number of nitrogens with two attached hydrogens (primary N) is 1. The molecule has 0 saturated heterocycles. The highest BCUT2D eigenvalue weighted by Crippen LogP contribution is 2.36. The van der Waals surface area contributed by atoms with Gasteiger partial charge in [0.25, 0.3) is 0 Å². The molecule has 0 aromatic carbocycles. The average Bonchev–Trinajstić information content (AvgIpc) is 2.86. The van der Waals surface area contributed by atoms with Crippen LogP contribution in [-0.2, 0) is 0 Å². The molecule has 0 saturated carbocycles. The van der Waals surface area contributed by atoms with E-state index in [4.69, 9.17) is 5.73 Å². The molecule has 6 heteroatoms. The highest BCUT2D eigenvalue weighted by Gasteiger charge is 2.15. The van der Waals surface area contributed by atoms with E-state index in [0.29, 0.717) is 5.82 Å². The molecule has 92 valence electrons. The molecule has 2 rings (SSSR count). The van der Waals surface area contributed by atoms with Gasteiger partial charge in [-0.05, 0) is 24.9 Å². The molecule has 0 fully saturated rings. The fraction of sp³-hybridized carbons (Fsp3) is 0.455. The van der Waals surface area contributed by atoms with Crippen LogP contribution >= 0.6 is 22.9 Å². The monoisotopic (exact) mass is 268 g/mol. The van der Waals surface area contributed by atoms with Crippen LogP contribution in [0.15, 0.2) is 5.38 Å². The molecule has 2 aromatic heterocycles. The van der Waals surface area contributed by atoms with E-state index >= 15 is 0 Å². The normalized spacial score (nSPS) is 10.7. The minimum absolute atomic E-state index is 0.569. The summed E-state index contributed by atoms with van der Waals surface area (Å²) in [5.74, 6) is 0.569. The zero-order chi connectivity index (χ0) is 12.3. The van der Waals surface area contributed by atoms with Crippen LogP contribution in [-0.4, -0.2) is 15.9 Å². The van der Waals surface area contributed by atoms with Crippen molar-refractivity contribution in [2.75, 3.05) is 17.6 Å². The first kappa shape index (κ1) is 12.3. The molecular formula is C11H16N4S2. The van der Waals surface area contributed by atoms with E-state index in [1.807, 2.05) is 12.3 Å². The lowest BCUT2D eigenvalue weighted by Crippen LogP contribution is -2.00. The number of anilines is 2. The van der Waals surface area contributed by atoms with Crippen LogP contribution in [0.25, 0.3) is 11.3 Å². The van der Waals surface area contributed by atoms with Gasteiger partial charge in [0.2, 0.25) is 0 Å². The average molecular weight is 268 g/mol. The van der Waals surface area contributed by atoms with Crippen molar-refractivity contribution in [3.05, 3.63) is 10.4 Å². The maximum Gasteiger partial charge on any atom is 0.148 e. The molecule has 0 aliphatic rings. The molecule has 0 bridgehead atoms. The number of nitrogen functional groups attached to an aromatic ring is 1. The summed E-state index contributed by atoms with van der Waals surface area (Å²) in [6.45, 7) is 5.12. The van der Waals surface area contributed by atoms with Crippen molar-refractivity contribution in [3.8, 4) is 11.3 Å². The molecule has 0 aliphatic carbocycles. The maximum absolute atomic E-state index is 5.91. The SMILES string of the molecule is CCCCNc1snc(N)c1-c1csc(C)n1. The molecule has 0 unspecified atom stereocenters. The van der Waals surface area contributed by atoms with Crippen molar-refractivity contribution in [1.29, 1.82) is 0 Å². The summed E-state index contributed by atoms with van der Waals surface area (Å²) in [5.41, 5.74) is 7.79. The third-order valence-corrected chi connectivity index (χ3v) is 4.00. The molecule has 17 heavy (non-hydrogen) atoms. The number of nitrogens with one attached hydrogen (secondary N) is 1. The standard InChI is InChI=1S/C11H16N4S2/c1-3-4-5-13-11-9(10(12)15-17-11)8-6-16-7(2)14-8/h6,13H,3-5H2,1-2H3,(H2,12,15). The zero-order valence-corrected chi connectivity index (χ0v) is 11.6. The number of aryl methyl sites for hydroxylation is 1. The van der Waals surface area contributed by atoms with E-state index in [0.717, 1.165) is 34.2 Å². The Kier molecular flexibility index (Phi) is 3.96. The molecule has 2 aromatic rings. The van der Waals surface area contributed by atoms with Crippen molar-refractivity contribution in [2.24, 2.45) is 0 Å². The van der Waals surface area contributed by atoms with Gasteiger partial charge < -0.3 is 11.1 Å². The topological polar surface area (TPSA) is 63.8 Å². The second-order valence-corrected chi connectivity index (χ2v) is 5.64. The van der Waals surface area contributed by atoms with Crippen LogP contribution in [0.3, 0.4) is 0 Å². The highest BCUT2D eigenvalue weighted by atomic mass is 32.1. The first-order chi connectivity index (χ1) is 8.22. The van der Waals surface area contributed by atoms with Gasteiger partial charge in [-0.3, -0.25) is 0 Å². The Morgan fingerprint density at radius 2 is 2.29 bits per heavy atom. The van der Waals surface area contributed by atoms with E-state index in [-0.39, 0.29) is 0 Å². The summed E-state index contributed by atoms with van der Waals surface area (Å²) in [6, 6.07) is 0. The summed E-state index contributed by atoms with van der Waals surface area (Å²) in [6.07, 6.45) is 2.32. The van der Waals surface area contributed by atoms with Gasteiger partial charge in [0.1, 0.15) is 10.8 Å². The smallest absolute Gasteiger partial charge is 0.148 e. The van der Waals surface area contributed by atoms with Crippen LogP contribution < -0.4 is 11.1 Å². The number of nitrogens with zero attached hydrogens (tertiary/aromatic N) is 2. The van der Waals surface area contributed by atoms with Gasteiger partial charge in [0.15, 0.2) is 0 Å². The van der Waals surface area contributed by atoms with Crippen molar-refractivity contribution in [1.82, 2.24) is 9.36 Å². The second kappa shape index (κ2) is 5.46. The van der Waals surface area contributed by atoms with Gasteiger partial charge in [-0.25, -0.2) is 4.98 Å². The lowest BCUT2D eigenvalue weighted by molar-refractivity contribution is 0.836. The highest BCUT2D eigenvalue weighted by molar-refractivity contribution is 7.11. The lowest BCUT2D eigenvalue weighted by atomic mass is 10.2. The van der Waals surface area contributed by atoms with E-state index in [1.54, 1.807) is 11.3 Å². The number of hydrogen-bond acceptors (Lipinski definition) is 6. The Bertz CT molecular complexity index is 489. The molecule has 3 N–H and O–H groups in total. The minimum atomic E-state index is 0.569. The summed E-state index contributed by atoms with van der Waals surface area (Å²) < 4.78 is 4.20. The Hall–Kier alpha value is -1.14. The Morgan fingerprint density at radius 3 is 2.94 bits per heavy atom. The number of unbranched alkanes of at least 4 members (excludes halogenated alkanes) is 1. The molecule has 0 aliphatic heterocycles. The predicted octanol–water partition coefficient (Wildman–Crippen LogP) is 3.37.